The quantitative estimate of drug-likeness (QED) is 0.902. The lowest BCUT2D eigenvalue weighted by molar-refractivity contribution is -0.138. The van der Waals surface area contributed by atoms with E-state index in [0.29, 0.717) is 25.6 Å². The molecular formula is C21H25N3O3. The minimum absolute atomic E-state index is 0.0318. The summed E-state index contributed by atoms with van der Waals surface area (Å²) in [7, 11) is 1.93. The van der Waals surface area contributed by atoms with Crippen LogP contribution in [-0.4, -0.2) is 53.8 Å². The van der Waals surface area contributed by atoms with Crippen LogP contribution in [0.1, 0.15) is 34.5 Å². The van der Waals surface area contributed by atoms with Gasteiger partial charge in [0.25, 0.3) is 5.91 Å². The highest BCUT2D eigenvalue weighted by Crippen LogP contribution is 2.27. The van der Waals surface area contributed by atoms with Crippen molar-refractivity contribution in [1.82, 2.24) is 15.1 Å². The van der Waals surface area contributed by atoms with E-state index in [1.807, 2.05) is 30.1 Å². The van der Waals surface area contributed by atoms with E-state index < -0.39 is 6.04 Å². The van der Waals surface area contributed by atoms with Gasteiger partial charge in [-0.3, -0.25) is 9.59 Å². The molecule has 1 N–H and O–H groups in total. The van der Waals surface area contributed by atoms with Gasteiger partial charge in [0.05, 0.1) is 6.26 Å². The van der Waals surface area contributed by atoms with Crippen molar-refractivity contribution < 1.29 is 14.0 Å². The number of likely N-dealkylation sites (tertiary alicyclic amines) is 1. The number of hydrogen-bond donors (Lipinski definition) is 1. The van der Waals surface area contributed by atoms with E-state index in [-0.39, 0.29) is 17.6 Å². The Kier molecular flexibility index (Phi) is 4.99. The third-order valence-corrected chi connectivity index (χ3v) is 5.67. The van der Waals surface area contributed by atoms with E-state index in [2.05, 4.69) is 11.4 Å². The number of fused-ring (bicyclic) bond motifs is 1. The highest BCUT2D eigenvalue weighted by Gasteiger charge is 2.38. The fourth-order valence-corrected chi connectivity index (χ4v) is 4.12. The summed E-state index contributed by atoms with van der Waals surface area (Å²) in [5, 5.41) is 3.27. The van der Waals surface area contributed by atoms with Crippen LogP contribution in [0.2, 0.25) is 0 Å². The molecule has 3 heterocycles. The zero-order valence-corrected chi connectivity index (χ0v) is 15.6. The Hall–Kier alpha value is -2.60. The zero-order chi connectivity index (χ0) is 18.8. The van der Waals surface area contributed by atoms with Gasteiger partial charge in [0, 0.05) is 32.1 Å². The zero-order valence-electron chi connectivity index (χ0n) is 15.6. The fourth-order valence-electron chi connectivity index (χ4n) is 4.12. The molecule has 1 fully saturated rings. The van der Waals surface area contributed by atoms with E-state index in [9.17, 15) is 9.59 Å². The van der Waals surface area contributed by atoms with Crippen LogP contribution in [0.25, 0.3) is 0 Å². The predicted molar refractivity (Wildman–Crippen MR) is 101 cm³/mol. The average Bonchev–Trinajstić information content (AvgIpc) is 3.26. The van der Waals surface area contributed by atoms with Crippen molar-refractivity contribution in [3.63, 3.8) is 0 Å². The number of carbonyl (C=O) groups excluding carboxylic acids is 2. The van der Waals surface area contributed by atoms with Crippen LogP contribution >= 0.6 is 0 Å². The molecule has 1 aromatic carbocycles. The summed E-state index contributed by atoms with van der Waals surface area (Å²) in [6.07, 6.45) is 4.09. The van der Waals surface area contributed by atoms with Crippen molar-refractivity contribution in [2.45, 2.75) is 37.9 Å². The smallest absolute Gasteiger partial charge is 0.290 e. The Balaban J connectivity index is 1.63. The SMILES string of the molecule is CNC1CCCN(C(=O)C2Cc3ccccc3CN2C(=O)c2ccco2)C1. The minimum Gasteiger partial charge on any atom is -0.459 e. The number of hydrogen-bond acceptors (Lipinski definition) is 4. The second-order valence-corrected chi connectivity index (χ2v) is 7.31. The first-order chi connectivity index (χ1) is 13.2. The Labute approximate surface area is 159 Å². The van der Waals surface area contributed by atoms with Crippen LogP contribution in [0.15, 0.2) is 47.1 Å². The van der Waals surface area contributed by atoms with Crippen molar-refractivity contribution in [2.75, 3.05) is 20.1 Å². The molecule has 6 nitrogen and oxygen atoms in total. The minimum atomic E-state index is -0.492. The van der Waals surface area contributed by atoms with E-state index in [1.54, 1.807) is 17.0 Å². The maximum absolute atomic E-state index is 13.4. The van der Waals surface area contributed by atoms with Gasteiger partial charge in [0.1, 0.15) is 6.04 Å². The maximum atomic E-state index is 13.4. The number of piperidine rings is 1. The van der Waals surface area contributed by atoms with Crippen LogP contribution in [0.5, 0.6) is 0 Å². The van der Waals surface area contributed by atoms with E-state index >= 15 is 0 Å². The molecule has 1 saturated heterocycles. The van der Waals surface area contributed by atoms with Gasteiger partial charge in [-0.05, 0) is 43.1 Å². The second-order valence-electron chi connectivity index (χ2n) is 7.31. The van der Waals surface area contributed by atoms with Gasteiger partial charge >= 0.3 is 0 Å². The maximum Gasteiger partial charge on any atom is 0.290 e. The van der Waals surface area contributed by atoms with Crippen molar-refractivity contribution in [1.29, 1.82) is 0 Å². The van der Waals surface area contributed by atoms with Gasteiger partial charge in [0.15, 0.2) is 5.76 Å². The number of furan rings is 1. The molecule has 6 heteroatoms. The molecular weight excluding hydrogens is 342 g/mol. The molecule has 0 radical (unpaired) electrons. The Bertz CT molecular complexity index is 818. The summed E-state index contributed by atoms with van der Waals surface area (Å²) in [5.74, 6) is 0.0818. The molecule has 0 spiro atoms. The van der Waals surface area contributed by atoms with E-state index in [0.717, 1.165) is 30.5 Å². The summed E-state index contributed by atoms with van der Waals surface area (Å²) >= 11 is 0. The molecule has 2 aliphatic rings. The normalized spacial score (nSPS) is 22.4. The number of likely N-dealkylation sites (N-methyl/N-ethyl adjacent to an activating group) is 1. The molecule has 0 saturated carbocycles. The summed E-state index contributed by atoms with van der Waals surface area (Å²) in [5.41, 5.74) is 2.23. The van der Waals surface area contributed by atoms with Crippen LogP contribution < -0.4 is 5.32 Å². The lowest BCUT2D eigenvalue weighted by atomic mass is 9.92. The van der Waals surface area contributed by atoms with Crippen molar-refractivity contribution >= 4 is 11.8 Å². The van der Waals surface area contributed by atoms with Crippen molar-refractivity contribution in [3.8, 4) is 0 Å². The monoisotopic (exact) mass is 367 g/mol. The molecule has 2 aromatic rings. The molecule has 27 heavy (non-hydrogen) atoms. The Morgan fingerprint density at radius 2 is 1.96 bits per heavy atom. The van der Waals surface area contributed by atoms with Crippen molar-refractivity contribution in [2.24, 2.45) is 0 Å². The van der Waals surface area contributed by atoms with E-state index in [4.69, 9.17) is 4.42 Å². The van der Waals surface area contributed by atoms with Crippen LogP contribution in [0, 0.1) is 0 Å². The predicted octanol–water partition coefficient (Wildman–Crippen LogP) is 2.06. The van der Waals surface area contributed by atoms with Gasteiger partial charge in [-0.1, -0.05) is 24.3 Å². The van der Waals surface area contributed by atoms with Crippen molar-refractivity contribution in [3.05, 3.63) is 59.5 Å². The molecule has 2 unspecified atom stereocenters. The highest BCUT2D eigenvalue weighted by molar-refractivity contribution is 5.96. The summed E-state index contributed by atoms with van der Waals surface area (Å²) in [6, 6.07) is 11.2. The van der Waals surface area contributed by atoms with Crippen LogP contribution in [0.3, 0.4) is 0 Å². The Morgan fingerprint density at radius 1 is 1.15 bits per heavy atom. The van der Waals surface area contributed by atoms with Gasteiger partial charge in [-0.2, -0.15) is 0 Å². The van der Waals surface area contributed by atoms with Gasteiger partial charge in [0.2, 0.25) is 5.91 Å². The fraction of sp³-hybridized carbons (Fsp3) is 0.429. The third-order valence-electron chi connectivity index (χ3n) is 5.67. The first-order valence-electron chi connectivity index (χ1n) is 9.54. The number of benzene rings is 1. The van der Waals surface area contributed by atoms with E-state index in [1.165, 1.54) is 6.26 Å². The number of nitrogens with one attached hydrogen (secondary N) is 1. The first-order valence-corrected chi connectivity index (χ1v) is 9.54. The molecule has 142 valence electrons. The van der Waals surface area contributed by atoms with Gasteiger partial charge in [-0.25, -0.2) is 0 Å². The lowest BCUT2D eigenvalue weighted by Gasteiger charge is -2.40. The number of nitrogens with zero attached hydrogens (tertiary/aromatic N) is 2. The first kappa shape index (κ1) is 17.8. The summed E-state index contributed by atoms with van der Waals surface area (Å²) in [6.45, 7) is 1.86. The molecule has 1 aromatic heterocycles. The average molecular weight is 367 g/mol. The summed E-state index contributed by atoms with van der Waals surface area (Å²) in [4.78, 5) is 30.0. The molecule has 2 amide bonds. The van der Waals surface area contributed by atoms with Crippen LogP contribution in [0.4, 0.5) is 0 Å². The second kappa shape index (κ2) is 7.56. The molecule has 0 bridgehead atoms. The molecule has 2 atom stereocenters. The van der Waals surface area contributed by atoms with Gasteiger partial charge in [-0.15, -0.1) is 0 Å². The third kappa shape index (κ3) is 3.49. The topological polar surface area (TPSA) is 65.8 Å². The summed E-state index contributed by atoms with van der Waals surface area (Å²) < 4.78 is 5.32. The van der Waals surface area contributed by atoms with Gasteiger partial charge < -0.3 is 19.5 Å². The highest BCUT2D eigenvalue weighted by atomic mass is 16.3. The number of carbonyl (C=O) groups is 2. The molecule has 4 rings (SSSR count). The molecule has 0 aliphatic carbocycles. The Morgan fingerprint density at radius 3 is 2.70 bits per heavy atom. The van der Waals surface area contributed by atoms with Crippen LogP contribution in [-0.2, 0) is 17.8 Å². The number of amides is 2. The molecule has 2 aliphatic heterocycles. The standard InChI is InChI=1S/C21H25N3O3/c1-22-17-8-4-10-23(14-17)20(25)18-12-15-6-2-3-7-16(15)13-24(18)21(26)19-9-5-11-27-19/h2-3,5-7,9,11,17-18,22H,4,8,10,12-14H2,1H3. The largest absolute Gasteiger partial charge is 0.459 e. The lowest BCUT2D eigenvalue weighted by Crippen LogP contribution is -2.57. The number of rotatable bonds is 3.